The standard InChI is InChI=1S/C16H17O2PS2/c1-12-8-14-10-20-19(17,18-16-6-4-3-5-7-16)21-11-15(14)9-13(12)2/h3-9H,10-11H2,1-2H3. The zero-order valence-corrected chi connectivity index (χ0v) is 14.6. The van der Waals surface area contributed by atoms with Crippen LogP contribution in [0.1, 0.15) is 22.3 Å². The number of hydrogen-bond acceptors (Lipinski definition) is 4. The molecule has 0 saturated carbocycles. The highest BCUT2D eigenvalue weighted by Crippen LogP contribution is 2.72. The summed E-state index contributed by atoms with van der Waals surface area (Å²) in [5.41, 5.74) is 5.15. The van der Waals surface area contributed by atoms with Crippen molar-refractivity contribution >= 4 is 28.5 Å². The molecular weight excluding hydrogens is 319 g/mol. The van der Waals surface area contributed by atoms with Gasteiger partial charge in [-0.2, -0.15) is 0 Å². The van der Waals surface area contributed by atoms with Crippen LogP contribution < -0.4 is 4.52 Å². The average Bonchev–Trinajstić information content (AvgIpc) is 2.62. The van der Waals surface area contributed by atoms with Crippen molar-refractivity contribution in [3.63, 3.8) is 0 Å². The van der Waals surface area contributed by atoms with Gasteiger partial charge in [0.1, 0.15) is 5.75 Å². The molecule has 0 amide bonds. The van der Waals surface area contributed by atoms with E-state index in [0.717, 1.165) is 11.5 Å². The van der Waals surface area contributed by atoms with Gasteiger partial charge in [0.25, 0.3) is 0 Å². The second kappa shape index (κ2) is 6.12. The Morgan fingerprint density at radius 3 is 2.00 bits per heavy atom. The summed E-state index contributed by atoms with van der Waals surface area (Å²) in [5.74, 6) is -0.591. The third-order valence-corrected chi connectivity index (χ3v) is 10.5. The summed E-state index contributed by atoms with van der Waals surface area (Å²) in [7, 11) is 0. The lowest BCUT2D eigenvalue weighted by atomic mass is 10.0. The van der Waals surface area contributed by atoms with Gasteiger partial charge in [-0.25, -0.2) is 0 Å². The second-order valence-corrected chi connectivity index (χ2v) is 12.4. The molecule has 0 bridgehead atoms. The van der Waals surface area contributed by atoms with Gasteiger partial charge >= 0.3 is 5.77 Å². The normalized spacial score (nSPS) is 16.9. The van der Waals surface area contributed by atoms with Crippen molar-refractivity contribution in [2.24, 2.45) is 0 Å². The van der Waals surface area contributed by atoms with Crippen molar-refractivity contribution in [3.8, 4) is 5.75 Å². The fraction of sp³-hybridized carbons (Fsp3) is 0.250. The van der Waals surface area contributed by atoms with Gasteiger partial charge in [0.15, 0.2) is 0 Å². The fourth-order valence-electron chi connectivity index (χ4n) is 2.20. The molecule has 110 valence electrons. The lowest BCUT2D eigenvalue weighted by Gasteiger charge is -2.15. The molecule has 1 aliphatic rings. The van der Waals surface area contributed by atoms with E-state index in [1.54, 1.807) is 0 Å². The molecule has 21 heavy (non-hydrogen) atoms. The maximum Gasteiger partial charge on any atom is 0.360 e. The van der Waals surface area contributed by atoms with E-state index < -0.39 is 5.77 Å². The number of rotatable bonds is 2. The molecule has 0 aromatic heterocycles. The first-order valence-corrected chi connectivity index (χ1v) is 11.6. The molecule has 2 nitrogen and oxygen atoms in total. The molecule has 0 radical (unpaired) electrons. The van der Waals surface area contributed by atoms with Crippen LogP contribution in [0.5, 0.6) is 5.75 Å². The SMILES string of the molecule is Cc1cc2c(cc1C)CSP(=O)(Oc1ccccc1)SC2. The van der Waals surface area contributed by atoms with Gasteiger partial charge in [0.05, 0.1) is 0 Å². The summed E-state index contributed by atoms with van der Waals surface area (Å²) >= 11 is 2.87. The van der Waals surface area contributed by atoms with E-state index >= 15 is 0 Å². The van der Waals surface area contributed by atoms with Crippen molar-refractivity contribution in [2.75, 3.05) is 0 Å². The quantitative estimate of drug-likeness (QED) is 0.631. The Labute approximate surface area is 133 Å². The van der Waals surface area contributed by atoms with Gasteiger partial charge in [0.2, 0.25) is 0 Å². The molecule has 0 unspecified atom stereocenters. The van der Waals surface area contributed by atoms with Crippen molar-refractivity contribution in [2.45, 2.75) is 25.4 Å². The van der Waals surface area contributed by atoms with Crippen molar-refractivity contribution < 1.29 is 9.09 Å². The molecule has 1 aliphatic heterocycles. The van der Waals surface area contributed by atoms with Crippen LogP contribution in [-0.2, 0) is 16.1 Å². The minimum Gasteiger partial charge on any atom is -0.429 e. The molecule has 0 atom stereocenters. The van der Waals surface area contributed by atoms with Crippen LogP contribution in [0.3, 0.4) is 0 Å². The van der Waals surface area contributed by atoms with Crippen molar-refractivity contribution in [1.82, 2.24) is 0 Å². The minimum atomic E-state index is -2.76. The van der Waals surface area contributed by atoms with Gasteiger partial charge in [-0.1, -0.05) is 30.3 Å². The van der Waals surface area contributed by atoms with Crippen LogP contribution in [0.2, 0.25) is 0 Å². The Kier molecular flexibility index (Phi) is 4.39. The third-order valence-electron chi connectivity index (χ3n) is 3.53. The Hall–Kier alpha value is -0.830. The van der Waals surface area contributed by atoms with E-state index in [9.17, 15) is 4.57 Å². The summed E-state index contributed by atoms with van der Waals surface area (Å²) in [6.45, 7) is 4.25. The molecule has 5 heteroatoms. The first-order valence-electron chi connectivity index (χ1n) is 6.78. The highest BCUT2D eigenvalue weighted by Gasteiger charge is 2.30. The average molecular weight is 336 g/mol. The Morgan fingerprint density at radius 1 is 0.952 bits per heavy atom. The molecule has 0 saturated heterocycles. The smallest absolute Gasteiger partial charge is 0.360 e. The predicted molar refractivity (Wildman–Crippen MR) is 93.2 cm³/mol. The fourth-order valence-corrected chi connectivity index (χ4v) is 8.35. The summed E-state index contributed by atoms with van der Waals surface area (Å²) in [5, 5.41) is 0. The molecule has 0 N–H and O–H groups in total. The maximum absolute atomic E-state index is 13.0. The Bertz CT molecular complexity index is 664. The first-order chi connectivity index (χ1) is 10.1. The van der Waals surface area contributed by atoms with E-state index in [2.05, 4.69) is 26.0 Å². The highest BCUT2D eigenvalue weighted by atomic mass is 33.1. The number of para-hydroxylation sites is 1. The van der Waals surface area contributed by atoms with Gasteiger partial charge < -0.3 is 4.52 Å². The van der Waals surface area contributed by atoms with Crippen molar-refractivity contribution in [3.05, 3.63) is 64.7 Å². The van der Waals surface area contributed by atoms with E-state index in [0.29, 0.717) is 5.75 Å². The van der Waals surface area contributed by atoms with E-state index in [4.69, 9.17) is 4.52 Å². The van der Waals surface area contributed by atoms with E-state index in [1.165, 1.54) is 45.0 Å². The van der Waals surface area contributed by atoms with Gasteiger partial charge in [-0.05, 0) is 71.0 Å². The molecule has 3 rings (SSSR count). The number of hydrogen-bond donors (Lipinski definition) is 0. The molecule has 0 fully saturated rings. The lowest BCUT2D eigenvalue weighted by Crippen LogP contribution is -1.92. The number of aryl methyl sites for hydroxylation is 2. The molecular formula is C16H17O2PS2. The van der Waals surface area contributed by atoms with E-state index in [-0.39, 0.29) is 0 Å². The first kappa shape index (κ1) is 15.1. The van der Waals surface area contributed by atoms with Crippen LogP contribution in [0.15, 0.2) is 42.5 Å². The molecule has 0 spiro atoms. The molecule has 1 heterocycles. The molecule has 2 aromatic rings. The van der Waals surface area contributed by atoms with Gasteiger partial charge in [-0.3, -0.25) is 4.57 Å². The zero-order valence-electron chi connectivity index (χ0n) is 12.0. The summed E-state index contributed by atoms with van der Waals surface area (Å²) < 4.78 is 18.8. The van der Waals surface area contributed by atoms with E-state index in [1.807, 2.05) is 30.3 Å². The summed E-state index contributed by atoms with van der Waals surface area (Å²) in [4.78, 5) is 0. The van der Waals surface area contributed by atoms with Crippen LogP contribution in [0.4, 0.5) is 0 Å². The predicted octanol–water partition coefficient (Wildman–Crippen LogP) is 5.97. The Morgan fingerprint density at radius 2 is 1.48 bits per heavy atom. The van der Waals surface area contributed by atoms with Crippen LogP contribution >= 0.6 is 28.5 Å². The largest absolute Gasteiger partial charge is 0.429 e. The third kappa shape index (κ3) is 3.50. The monoisotopic (exact) mass is 336 g/mol. The van der Waals surface area contributed by atoms with Crippen LogP contribution in [0, 0.1) is 13.8 Å². The minimum absolute atomic E-state index is 0.680. The van der Waals surface area contributed by atoms with Gasteiger partial charge in [0, 0.05) is 11.5 Å². The second-order valence-electron chi connectivity index (χ2n) is 5.10. The zero-order chi connectivity index (χ0) is 14.9. The number of fused-ring (bicyclic) bond motifs is 1. The summed E-state index contributed by atoms with van der Waals surface area (Å²) in [6.07, 6.45) is 0. The number of benzene rings is 2. The van der Waals surface area contributed by atoms with Crippen LogP contribution in [0.25, 0.3) is 0 Å². The van der Waals surface area contributed by atoms with Crippen molar-refractivity contribution in [1.29, 1.82) is 0 Å². The Balaban J connectivity index is 1.82. The van der Waals surface area contributed by atoms with Crippen LogP contribution in [-0.4, -0.2) is 0 Å². The molecule has 2 aromatic carbocycles. The highest BCUT2D eigenvalue weighted by molar-refractivity contribution is 8.89. The topological polar surface area (TPSA) is 26.3 Å². The summed E-state index contributed by atoms with van der Waals surface area (Å²) in [6, 6.07) is 13.9. The van der Waals surface area contributed by atoms with Gasteiger partial charge in [-0.15, -0.1) is 0 Å². The molecule has 0 aliphatic carbocycles. The lowest BCUT2D eigenvalue weighted by molar-refractivity contribution is 0.515. The maximum atomic E-state index is 13.0.